The SMILES string of the molecule is C=CCn1c(SCc2ncoc2C)n[nH]c1=O. The Morgan fingerprint density at radius 1 is 1.71 bits per heavy atom. The van der Waals surface area contributed by atoms with E-state index in [1.807, 2.05) is 6.92 Å². The number of hydrogen-bond donors (Lipinski definition) is 1. The lowest BCUT2D eigenvalue weighted by molar-refractivity contribution is 0.525. The van der Waals surface area contributed by atoms with Gasteiger partial charge < -0.3 is 4.42 Å². The van der Waals surface area contributed by atoms with Crippen LogP contribution in [0.1, 0.15) is 11.5 Å². The maximum absolute atomic E-state index is 11.4. The molecule has 0 fully saturated rings. The van der Waals surface area contributed by atoms with E-state index in [4.69, 9.17) is 4.42 Å². The average molecular weight is 252 g/mol. The Hall–Kier alpha value is -1.76. The second-order valence-corrected chi connectivity index (χ2v) is 4.30. The topological polar surface area (TPSA) is 76.7 Å². The van der Waals surface area contributed by atoms with Crippen molar-refractivity contribution in [2.45, 2.75) is 24.4 Å². The molecule has 0 radical (unpaired) electrons. The summed E-state index contributed by atoms with van der Waals surface area (Å²) in [6.45, 7) is 5.90. The number of hydrogen-bond acceptors (Lipinski definition) is 5. The quantitative estimate of drug-likeness (QED) is 0.642. The fraction of sp³-hybridized carbons (Fsp3) is 0.300. The van der Waals surface area contributed by atoms with Gasteiger partial charge in [0.2, 0.25) is 0 Å². The number of aromatic nitrogens is 4. The van der Waals surface area contributed by atoms with Gasteiger partial charge in [0.15, 0.2) is 11.6 Å². The van der Waals surface area contributed by atoms with E-state index in [1.54, 1.807) is 6.08 Å². The van der Waals surface area contributed by atoms with Gasteiger partial charge in [0.1, 0.15) is 5.76 Å². The molecule has 1 N–H and O–H groups in total. The zero-order valence-corrected chi connectivity index (χ0v) is 10.2. The van der Waals surface area contributed by atoms with Crippen LogP contribution >= 0.6 is 11.8 Å². The first-order chi connectivity index (χ1) is 8.22. The summed E-state index contributed by atoms with van der Waals surface area (Å²) in [5.74, 6) is 1.40. The van der Waals surface area contributed by atoms with Crippen LogP contribution in [0.5, 0.6) is 0 Å². The molecule has 6 nitrogen and oxygen atoms in total. The van der Waals surface area contributed by atoms with Gasteiger partial charge in [-0.15, -0.1) is 11.7 Å². The Bertz CT molecular complexity index is 569. The van der Waals surface area contributed by atoms with Crippen molar-refractivity contribution < 1.29 is 4.42 Å². The standard InChI is InChI=1S/C10H12N4O2S/c1-3-4-14-9(15)12-13-10(14)17-5-8-7(2)16-6-11-8/h3,6H,1,4-5H2,2H3,(H,12,15). The van der Waals surface area contributed by atoms with Gasteiger partial charge >= 0.3 is 5.69 Å². The summed E-state index contributed by atoms with van der Waals surface area (Å²) in [6.07, 6.45) is 3.06. The first-order valence-corrected chi connectivity index (χ1v) is 5.98. The van der Waals surface area contributed by atoms with E-state index in [1.165, 1.54) is 22.7 Å². The van der Waals surface area contributed by atoms with E-state index in [2.05, 4.69) is 21.8 Å². The number of aryl methyl sites for hydroxylation is 1. The van der Waals surface area contributed by atoms with Crippen LogP contribution in [0, 0.1) is 6.92 Å². The third-order valence-corrected chi connectivity index (χ3v) is 3.20. The predicted octanol–water partition coefficient (Wildman–Crippen LogP) is 1.35. The Kier molecular flexibility index (Phi) is 3.48. The fourth-order valence-electron chi connectivity index (χ4n) is 1.30. The van der Waals surface area contributed by atoms with Crippen LogP contribution in [-0.2, 0) is 12.3 Å². The summed E-state index contributed by atoms with van der Waals surface area (Å²) >= 11 is 1.43. The molecule has 2 aromatic rings. The van der Waals surface area contributed by atoms with E-state index >= 15 is 0 Å². The molecular weight excluding hydrogens is 240 g/mol. The number of oxazole rings is 1. The molecule has 0 spiro atoms. The Morgan fingerprint density at radius 2 is 2.53 bits per heavy atom. The van der Waals surface area contributed by atoms with Crippen molar-refractivity contribution in [1.29, 1.82) is 0 Å². The lowest BCUT2D eigenvalue weighted by Crippen LogP contribution is -2.16. The summed E-state index contributed by atoms with van der Waals surface area (Å²) in [5, 5.41) is 6.98. The molecule has 0 aromatic carbocycles. The van der Waals surface area contributed by atoms with Crippen LogP contribution in [0.15, 0.2) is 33.4 Å². The van der Waals surface area contributed by atoms with Crippen LogP contribution in [0.25, 0.3) is 0 Å². The van der Waals surface area contributed by atoms with Crippen molar-refractivity contribution in [2.24, 2.45) is 0 Å². The molecule has 7 heteroatoms. The molecule has 0 aliphatic carbocycles. The van der Waals surface area contributed by atoms with Crippen LogP contribution < -0.4 is 5.69 Å². The third kappa shape index (κ3) is 2.50. The second kappa shape index (κ2) is 5.05. The number of allylic oxidation sites excluding steroid dienone is 1. The molecule has 2 heterocycles. The van der Waals surface area contributed by atoms with Crippen LogP contribution in [0.2, 0.25) is 0 Å². The second-order valence-electron chi connectivity index (χ2n) is 3.35. The minimum Gasteiger partial charge on any atom is -0.448 e. The molecule has 2 rings (SSSR count). The smallest absolute Gasteiger partial charge is 0.344 e. The highest BCUT2D eigenvalue weighted by Gasteiger charge is 2.10. The Balaban J connectivity index is 2.11. The lowest BCUT2D eigenvalue weighted by Gasteiger charge is -2.00. The van der Waals surface area contributed by atoms with Crippen molar-refractivity contribution in [3.8, 4) is 0 Å². The van der Waals surface area contributed by atoms with Crippen molar-refractivity contribution in [3.63, 3.8) is 0 Å². The maximum Gasteiger partial charge on any atom is 0.344 e. The lowest BCUT2D eigenvalue weighted by atomic mass is 10.4. The minimum absolute atomic E-state index is 0.232. The minimum atomic E-state index is -0.232. The van der Waals surface area contributed by atoms with Crippen molar-refractivity contribution in [2.75, 3.05) is 0 Å². The van der Waals surface area contributed by atoms with Gasteiger partial charge in [0, 0.05) is 12.3 Å². The fourth-order valence-corrected chi connectivity index (χ4v) is 2.27. The normalized spacial score (nSPS) is 10.6. The van der Waals surface area contributed by atoms with E-state index in [0.29, 0.717) is 17.5 Å². The van der Waals surface area contributed by atoms with Crippen molar-refractivity contribution in [1.82, 2.24) is 19.7 Å². The molecule has 0 aliphatic heterocycles. The van der Waals surface area contributed by atoms with E-state index in [0.717, 1.165) is 11.5 Å². The summed E-state index contributed by atoms with van der Waals surface area (Å²) in [7, 11) is 0. The first kappa shape index (κ1) is 11.7. The van der Waals surface area contributed by atoms with Gasteiger partial charge in [-0.2, -0.15) is 0 Å². The molecule has 0 bridgehead atoms. The van der Waals surface area contributed by atoms with Crippen molar-refractivity contribution >= 4 is 11.8 Å². The third-order valence-electron chi connectivity index (χ3n) is 2.22. The molecule has 0 saturated carbocycles. The molecule has 0 aliphatic rings. The van der Waals surface area contributed by atoms with Gasteiger partial charge in [-0.3, -0.25) is 4.57 Å². The summed E-state index contributed by atoms with van der Waals surface area (Å²) in [6, 6.07) is 0. The van der Waals surface area contributed by atoms with Gasteiger partial charge in [0.05, 0.1) is 5.69 Å². The Labute approximate surface area is 102 Å². The van der Waals surface area contributed by atoms with Crippen LogP contribution in [0.4, 0.5) is 0 Å². The predicted molar refractivity (Wildman–Crippen MR) is 63.8 cm³/mol. The number of H-pyrrole nitrogens is 1. The monoisotopic (exact) mass is 252 g/mol. The van der Waals surface area contributed by atoms with E-state index < -0.39 is 0 Å². The molecule has 90 valence electrons. The highest BCUT2D eigenvalue weighted by Crippen LogP contribution is 2.20. The van der Waals surface area contributed by atoms with Crippen LogP contribution in [0.3, 0.4) is 0 Å². The highest BCUT2D eigenvalue weighted by atomic mass is 32.2. The molecular formula is C10H12N4O2S. The molecule has 17 heavy (non-hydrogen) atoms. The highest BCUT2D eigenvalue weighted by molar-refractivity contribution is 7.98. The molecule has 0 amide bonds. The zero-order valence-electron chi connectivity index (χ0n) is 9.34. The summed E-state index contributed by atoms with van der Waals surface area (Å²) in [4.78, 5) is 15.5. The number of rotatable bonds is 5. The van der Waals surface area contributed by atoms with Gasteiger partial charge in [0.25, 0.3) is 0 Å². The number of thioether (sulfide) groups is 1. The molecule has 0 saturated heterocycles. The first-order valence-electron chi connectivity index (χ1n) is 5.00. The van der Waals surface area contributed by atoms with Crippen LogP contribution in [-0.4, -0.2) is 19.7 Å². The van der Waals surface area contributed by atoms with E-state index in [9.17, 15) is 4.79 Å². The van der Waals surface area contributed by atoms with Gasteiger partial charge in [-0.25, -0.2) is 14.9 Å². The van der Waals surface area contributed by atoms with Gasteiger partial charge in [-0.1, -0.05) is 17.8 Å². The molecule has 2 aromatic heterocycles. The van der Waals surface area contributed by atoms with E-state index in [-0.39, 0.29) is 5.69 Å². The largest absolute Gasteiger partial charge is 0.448 e. The average Bonchev–Trinajstić information content (AvgIpc) is 2.86. The Morgan fingerprint density at radius 3 is 3.18 bits per heavy atom. The maximum atomic E-state index is 11.4. The number of nitrogens with zero attached hydrogens (tertiary/aromatic N) is 3. The number of nitrogens with one attached hydrogen (secondary N) is 1. The number of aromatic amines is 1. The summed E-state index contributed by atoms with van der Waals surface area (Å²) < 4.78 is 6.62. The zero-order chi connectivity index (χ0) is 12.3. The molecule has 0 atom stereocenters. The van der Waals surface area contributed by atoms with Gasteiger partial charge in [-0.05, 0) is 6.92 Å². The molecule has 0 unspecified atom stereocenters. The summed E-state index contributed by atoms with van der Waals surface area (Å²) in [5.41, 5.74) is 0.625. The van der Waals surface area contributed by atoms with Crippen molar-refractivity contribution in [3.05, 3.63) is 41.0 Å².